The number of benzene rings is 4. The van der Waals surface area contributed by atoms with E-state index in [1.807, 2.05) is 0 Å². The zero-order valence-corrected chi connectivity index (χ0v) is 27.2. The summed E-state index contributed by atoms with van der Waals surface area (Å²) >= 11 is 0. The predicted molar refractivity (Wildman–Crippen MR) is 147 cm³/mol. The summed E-state index contributed by atoms with van der Waals surface area (Å²) in [6, 6.07) is 0. The van der Waals surface area contributed by atoms with Gasteiger partial charge < -0.3 is 5.11 Å². The summed E-state index contributed by atoms with van der Waals surface area (Å²) < 4.78 is 308. The standard InChI is InChI=1S/C34H16F20O2/c1-2-3-4-5-6-7-33(8-12(35)20(43)28(51)21(44)13(8)36,9-14(37)22(45)29(52)23(46)15(9)38)34(32(55)56,10-16(39)24(47)30(53)25(48)17(10)40)11-18(41)26(49)31(54)27(50)19(11)42/h2-7H2,1H3,(H,55,56). The Balaban J connectivity index is 2.73. The molecule has 0 aliphatic rings. The van der Waals surface area contributed by atoms with Crippen LogP contribution in [-0.2, 0) is 15.6 Å². The molecule has 56 heavy (non-hydrogen) atoms. The number of carboxylic acid groups (broad SMARTS) is 1. The van der Waals surface area contributed by atoms with Gasteiger partial charge >= 0.3 is 5.97 Å². The van der Waals surface area contributed by atoms with E-state index in [2.05, 4.69) is 0 Å². The van der Waals surface area contributed by atoms with E-state index < -0.39 is 175 Å². The summed E-state index contributed by atoms with van der Waals surface area (Å²) in [5, 5.41) is 10.8. The molecule has 0 unspecified atom stereocenters. The van der Waals surface area contributed by atoms with Crippen molar-refractivity contribution in [1.29, 1.82) is 0 Å². The normalized spacial score (nSPS) is 12.2. The van der Waals surface area contributed by atoms with Gasteiger partial charge in [-0.05, 0) is 6.42 Å². The van der Waals surface area contributed by atoms with Crippen molar-refractivity contribution in [2.45, 2.75) is 56.3 Å². The summed E-state index contributed by atoms with van der Waals surface area (Å²) in [7, 11) is 0. The maximum atomic E-state index is 16.2. The molecule has 22 heteroatoms. The first-order valence-electron chi connectivity index (χ1n) is 15.3. The van der Waals surface area contributed by atoms with Crippen LogP contribution in [-0.4, -0.2) is 11.1 Å². The van der Waals surface area contributed by atoms with Gasteiger partial charge in [0.1, 0.15) is 5.41 Å². The third kappa shape index (κ3) is 5.91. The molecule has 0 bridgehead atoms. The highest BCUT2D eigenvalue weighted by atomic mass is 19.2. The van der Waals surface area contributed by atoms with E-state index in [0.717, 1.165) is 0 Å². The Hall–Kier alpha value is -5.05. The fraction of sp³-hybridized carbons (Fsp3) is 0.265. The van der Waals surface area contributed by atoms with E-state index in [1.165, 1.54) is 6.92 Å². The summed E-state index contributed by atoms with van der Waals surface area (Å²) in [6.45, 7) is 1.47. The minimum absolute atomic E-state index is 0.0252. The van der Waals surface area contributed by atoms with Crippen molar-refractivity contribution in [2.75, 3.05) is 0 Å². The van der Waals surface area contributed by atoms with Crippen molar-refractivity contribution in [1.82, 2.24) is 0 Å². The molecule has 0 aliphatic carbocycles. The molecule has 0 fully saturated rings. The molecule has 0 heterocycles. The Morgan fingerprint density at radius 1 is 0.357 bits per heavy atom. The molecule has 4 aromatic rings. The van der Waals surface area contributed by atoms with Gasteiger partial charge in [-0.15, -0.1) is 0 Å². The van der Waals surface area contributed by atoms with Gasteiger partial charge in [-0.2, -0.15) is 0 Å². The third-order valence-corrected chi connectivity index (χ3v) is 9.06. The quantitative estimate of drug-likeness (QED) is 0.0668. The Labute approximate surface area is 299 Å². The van der Waals surface area contributed by atoms with Gasteiger partial charge in [0.05, 0.1) is 16.5 Å². The lowest BCUT2D eigenvalue weighted by molar-refractivity contribution is -0.145. The second-order valence-corrected chi connectivity index (χ2v) is 11.9. The zero-order chi connectivity index (χ0) is 42.7. The minimum Gasteiger partial charge on any atom is -0.480 e. The number of hydrogen-bond acceptors (Lipinski definition) is 1. The molecule has 0 radical (unpaired) electrons. The summed E-state index contributed by atoms with van der Waals surface area (Å²) in [4.78, 5) is 13.7. The van der Waals surface area contributed by atoms with Gasteiger partial charge in [-0.25, -0.2) is 87.8 Å². The van der Waals surface area contributed by atoms with Crippen LogP contribution in [0.3, 0.4) is 0 Å². The molecule has 0 aromatic heterocycles. The monoisotopic (exact) mass is 836 g/mol. The number of aliphatic carboxylic acids is 1. The molecule has 0 atom stereocenters. The lowest BCUT2D eigenvalue weighted by Crippen LogP contribution is -2.60. The molecular formula is C34H16F20O2. The van der Waals surface area contributed by atoms with E-state index >= 15 is 70.2 Å². The molecule has 0 amide bonds. The van der Waals surface area contributed by atoms with Crippen molar-refractivity contribution in [2.24, 2.45) is 0 Å². The maximum absolute atomic E-state index is 16.2. The van der Waals surface area contributed by atoms with Gasteiger partial charge in [0.25, 0.3) is 0 Å². The highest BCUT2D eigenvalue weighted by Crippen LogP contribution is 2.61. The van der Waals surface area contributed by atoms with Crippen LogP contribution < -0.4 is 0 Å². The highest BCUT2D eigenvalue weighted by molar-refractivity contribution is 5.91. The number of carbonyl (C=O) groups is 1. The van der Waals surface area contributed by atoms with Gasteiger partial charge in [-0.3, -0.25) is 4.79 Å². The smallest absolute Gasteiger partial charge is 0.320 e. The van der Waals surface area contributed by atoms with E-state index in [0.29, 0.717) is 0 Å². The van der Waals surface area contributed by atoms with Crippen LogP contribution in [0, 0.1) is 116 Å². The van der Waals surface area contributed by atoms with Crippen LogP contribution in [0.15, 0.2) is 0 Å². The minimum atomic E-state index is -6.17. The second kappa shape index (κ2) is 15.5. The summed E-state index contributed by atoms with van der Waals surface area (Å²) in [6.07, 6.45) is -4.74. The Morgan fingerprint density at radius 2 is 0.571 bits per heavy atom. The summed E-state index contributed by atoms with van der Waals surface area (Å²) in [5.74, 6) is -74.9. The third-order valence-electron chi connectivity index (χ3n) is 9.06. The molecule has 2 nitrogen and oxygen atoms in total. The number of hydrogen-bond donors (Lipinski definition) is 1. The lowest BCUT2D eigenvalue weighted by atomic mass is 9.49. The van der Waals surface area contributed by atoms with E-state index in [9.17, 15) is 27.5 Å². The van der Waals surface area contributed by atoms with Crippen molar-refractivity contribution in [3.63, 3.8) is 0 Å². The van der Waals surface area contributed by atoms with Crippen LogP contribution in [0.1, 0.15) is 67.7 Å². The number of rotatable bonds is 12. The molecule has 0 spiro atoms. The molecule has 0 saturated carbocycles. The first-order chi connectivity index (χ1) is 26.0. The zero-order valence-electron chi connectivity index (χ0n) is 27.2. The van der Waals surface area contributed by atoms with Crippen molar-refractivity contribution in [3.8, 4) is 0 Å². The lowest BCUT2D eigenvalue weighted by Gasteiger charge is -2.50. The van der Waals surface area contributed by atoms with Gasteiger partial charge in [0.15, 0.2) is 93.1 Å². The number of carboxylic acids is 1. The molecular weight excluding hydrogens is 820 g/mol. The van der Waals surface area contributed by atoms with E-state index in [4.69, 9.17) is 0 Å². The average Bonchev–Trinajstić information content (AvgIpc) is 3.16. The van der Waals surface area contributed by atoms with Crippen molar-refractivity contribution < 1.29 is 97.7 Å². The Morgan fingerprint density at radius 3 is 0.804 bits per heavy atom. The SMILES string of the molecule is CCCCCCCC(c1c(F)c(F)c(F)c(F)c1F)(c1c(F)c(F)c(F)c(F)c1F)C(C(=O)O)(c1c(F)c(F)c(F)c(F)c1F)c1c(F)c(F)c(F)c(F)c1F. The van der Waals surface area contributed by atoms with Gasteiger partial charge in [0, 0.05) is 11.1 Å². The van der Waals surface area contributed by atoms with E-state index in [-0.39, 0.29) is 19.3 Å². The van der Waals surface area contributed by atoms with Gasteiger partial charge in [-0.1, -0.05) is 39.0 Å². The van der Waals surface area contributed by atoms with Crippen LogP contribution in [0.5, 0.6) is 0 Å². The first-order valence-corrected chi connectivity index (χ1v) is 15.3. The van der Waals surface area contributed by atoms with Crippen LogP contribution in [0.2, 0.25) is 0 Å². The fourth-order valence-electron chi connectivity index (χ4n) is 6.71. The second-order valence-electron chi connectivity index (χ2n) is 11.9. The molecule has 4 rings (SSSR count). The van der Waals surface area contributed by atoms with E-state index in [1.54, 1.807) is 0 Å². The maximum Gasteiger partial charge on any atom is 0.320 e. The van der Waals surface area contributed by atoms with Crippen LogP contribution in [0.4, 0.5) is 87.8 Å². The Kier molecular flexibility index (Phi) is 12.1. The van der Waals surface area contributed by atoms with Crippen molar-refractivity contribution in [3.05, 3.63) is 139 Å². The molecule has 1 N–H and O–H groups in total. The summed E-state index contributed by atoms with van der Waals surface area (Å²) in [5.41, 5.74) is -25.8. The highest BCUT2D eigenvalue weighted by Gasteiger charge is 2.70. The Bertz CT molecular complexity index is 2030. The largest absolute Gasteiger partial charge is 0.480 e. The predicted octanol–water partition coefficient (Wildman–Crippen LogP) is 11.2. The topological polar surface area (TPSA) is 37.3 Å². The fourth-order valence-corrected chi connectivity index (χ4v) is 6.71. The number of halogens is 20. The molecule has 4 aromatic carbocycles. The van der Waals surface area contributed by atoms with Crippen molar-refractivity contribution >= 4 is 5.97 Å². The molecule has 0 aliphatic heterocycles. The van der Waals surface area contributed by atoms with Crippen LogP contribution >= 0.6 is 0 Å². The van der Waals surface area contributed by atoms with Gasteiger partial charge in [0.2, 0.25) is 23.3 Å². The average molecular weight is 836 g/mol. The molecule has 304 valence electrons. The molecule has 0 saturated heterocycles. The van der Waals surface area contributed by atoms with Crippen LogP contribution in [0.25, 0.3) is 0 Å². The number of unbranched alkanes of at least 4 members (excludes halogenated alkanes) is 4. The first kappa shape index (κ1) is 43.7.